The van der Waals surface area contributed by atoms with E-state index in [2.05, 4.69) is 27.0 Å². The number of carbonyl (C=O) groups is 1. The average molecular weight is 397 g/mol. The van der Waals surface area contributed by atoms with E-state index in [4.69, 9.17) is 4.74 Å². The molecule has 4 rings (SSSR count). The molecule has 1 atom stereocenters. The first-order valence-corrected chi connectivity index (χ1v) is 10.8. The molecule has 6 nitrogen and oxygen atoms in total. The van der Waals surface area contributed by atoms with Crippen LogP contribution in [0.4, 0.5) is 0 Å². The minimum Gasteiger partial charge on any atom is -0.370 e. The maximum absolute atomic E-state index is 13.1. The molecule has 1 saturated heterocycles. The molecule has 0 spiro atoms. The maximum atomic E-state index is 13.1. The van der Waals surface area contributed by atoms with Gasteiger partial charge < -0.3 is 9.64 Å². The van der Waals surface area contributed by atoms with E-state index in [1.165, 1.54) is 24.8 Å². The van der Waals surface area contributed by atoms with Crippen molar-refractivity contribution in [1.29, 1.82) is 0 Å². The van der Waals surface area contributed by atoms with E-state index in [0.717, 1.165) is 31.5 Å². The van der Waals surface area contributed by atoms with Crippen molar-refractivity contribution in [2.75, 3.05) is 19.6 Å². The number of hydrogen-bond acceptors (Lipinski definition) is 4. The van der Waals surface area contributed by atoms with Crippen LogP contribution in [-0.4, -0.2) is 57.3 Å². The Labute approximate surface area is 173 Å². The van der Waals surface area contributed by atoms with E-state index in [-0.39, 0.29) is 12.0 Å². The van der Waals surface area contributed by atoms with Crippen LogP contribution in [0.1, 0.15) is 43.2 Å². The second-order valence-corrected chi connectivity index (χ2v) is 8.45. The van der Waals surface area contributed by atoms with Crippen LogP contribution in [0.25, 0.3) is 0 Å². The highest BCUT2D eigenvalue weighted by Crippen LogP contribution is 2.25. The molecule has 0 N–H and O–H groups in total. The van der Waals surface area contributed by atoms with E-state index < -0.39 is 0 Å². The summed E-state index contributed by atoms with van der Waals surface area (Å²) in [5.74, 6) is 0.242. The number of aryl methyl sites for hydroxylation is 1. The Bertz CT molecular complexity index is 785. The van der Waals surface area contributed by atoms with Crippen LogP contribution < -0.4 is 0 Å². The highest BCUT2D eigenvalue weighted by molar-refractivity contribution is 5.79. The van der Waals surface area contributed by atoms with Crippen LogP contribution in [0.3, 0.4) is 0 Å². The summed E-state index contributed by atoms with van der Waals surface area (Å²) in [6, 6.07) is 10.7. The molecular formula is C23H32N4O2. The number of benzene rings is 1. The highest BCUT2D eigenvalue weighted by atomic mass is 16.5. The normalized spacial score (nSPS) is 22.0. The molecule has 0 bridgehead atoms. The van der Waals surface area contributed by atoms with Gasteiger partial charge in [0.1, 0.15) is 0 Å². The van der Waals surface area contributed by atoms with Gasteiger partial charge in [0.2, 0.25) is 5.91 Å². The number of amides is 1. The molecule has 6 heteroatoms. The largest absolute Gasteiger partial charge is 0.370 e. The van der Waals surface area contributed by atoms with Crippen molar-refractivity contribution >= 4 is 5.91 Å². The Kier molecular flexibility index (Phi) is 6.62. The van der Waals surface area contributed by atoms with Crippen molar-refractivity contribution in [3.8, 4) is 0 Å². The lowest BCUT2D eigenvalue weighted by atomic mass is 9.94. The van der Waals surface area contributed by atoms with Gasteiger partial charge >= 0.3 is 0 Å². The minimum absolute atomic E-state index is 0.0141. The highest BCUT2D eigenvalue weighted by Gasteiger charge is 2.33. The Hall–Kier alpha value is -2.18. The second-order valence-electron chi connectivity index (χ2n) is 8.45. The molecule has 2 heterocycles. The molecule has 1 unspecified atom stereocenters. The summed E-state index contributed by atoms with van der Waals surface area (Å²) in [5.41, 5.74) is 2.30. The van der Waals surface area contributed by atoms with Gasteiger partial charge in [-0.25, -0.2) is 0 Å². The molecule has 1 aromatic carbocycles. The SMILES string of the molecule is Cn1cc(CN2CC(=O)N(C3CCCCC3)CC(OCc3ccccc3)C2)cn1. The summed E-state index contributed by atoms with van der Waals surface area (Å²) in [6.07, 6.45) is 9.91. The summed E-state index contributed by atoms with van der Waals surface area (Å²) >= 11 is 0. The molecule has 2 fully saturated rings. The first-order valence-electron chi connectivity index (χ1n) is 10.8. The van der Waals surface area contributed by atoms with E-state index in [1.54, 1.807) is 0 Å². The Morgan fingerprint density at radius 2 is 1.86 bits per heavy atom. The van der Waals surface area contributed by atoms with E-state index in [9.17, 15) is 4.79 Å². The lowest BCUT2D eigenvalue weighted by Crippen LogP contribution is -2.45. The zero-order valence-corrected chi connectivity index (χ0v) is 17.4. The summed E-state index contributed by atoms with van der Waals surface area (Å²) in [7, 11) is 1.92. The van der Waals surface area contributed by atoms with Gasteiger partial charge in [-0.1, -0.05) is 49.6 Å². The number of aromatic nitrogens is 2. The van der Waals surface area contributed by atoms with Gasteiger partial charge in [-0.2, -0.15) is 5.10 Å². The topological polar surface area (TPSA) is 50.6 Å². The third-order valence-electron chi connectivity index (χ3n) is 6.05. The molecular weight excluding hydrogens is 364 g/mol. The average Bonchev–Trinajstić information content (AvgIpc) is 3.07. The molecule has 0 radical (unpaired) electrons. The van der Waals surface area contributed by atoms with Gasteiger partial charge in [-0.3, -0.25) is 14.4 Å². The van der Waals surface area contributed by atoms with Crippen molar-refractivity contribution in [3.63, 3.8) is 0 Å². The molecule has 1 aliphatic heterocycles. The van der Waals surface area contributed by atoms with Gasteiger partial charge in [-0.05, 0) is 18.4 Å². The van der Waals surface area contributed by atoms with Crippen molar-refractivity contribution in [2.24, 2.45) is 7.05 Å². The zero-order chi connectivity index (χ0) is 20.1. The Balaban J connectivity index is 1.47. The van der Waals surface area contributed by atoms with E-state index >= 15 is 0 Å². The third-order valence-corrected chi connectivity index (χ3v) is 6.05. The standard InChI is InChI=1S/C23H32N4O2/c1-25-13-20(12-24-25)14-26-15-22(29-18-19-8-4-2-5-9-19)16-27(23(28)17-26)21-10-6-3-7-11-21/h2,4-5,8-9,12-13,21-22H,3,6-7,10-11,14-18H2,1H3. The van der Waals surface area contributed by atoms with Gasteiger partial charge in [0.05, 0.1) is 25.5 Å². The number of carbonyl (C=O) groups excluding carboxylic acids is 1. The third kappa shape index (κ3) is 5.46. The van der Waals surface area contributed by atoms with Crippen LogP contribution in [0.15, 0.2) is 42.7 Å². The predicted molar refractivity (Wildman–Crippen MR) is 112 cm³/mol. The number of hydrogen-bond donors (Lipinski definition) is 0. The molecule has 1 saturated carbocycles. The van der Waals surface area contributed by atoms with Gasteiger partial charge in [0.25, 0.3) is 0 Å². The smallest absolute Gasteiger partial charge is 0.237 e. The fourth-order valence-corrected chi connectivity index (χ4v) is 4.58. The van der Waals surface area contributed by atoms with Crippen molar-refractivity contribution < 1.29 is 9.53 Å². The number of ether oxygens (including phenoxy) is 1. The first kappa shape index (κ1) is 20.1. The van der Waals surface area contributed by atoms with Crippen LogP contribution >= 0.6 is 0 Å². The molecule has 1 aliphatic carbocycles. The molecule has 2 aliphatic rings. The lowest BCUT2D eigenvalue weighted by molar-refractivity contribution is -0.135. The van der Waals surface area contributed by atoms with Gasteiger partial charge in [0, 0.05) is 44.5 Å². The van der Waals surface area contributed by atoms with Gasteiger partial charge in [-0.15, -0.1) is 0 Å². The van der Waals surface area contributed by atoms with E-state index in [0.29, 0.717) is 25.7 Å². The first-order chi connectivity index (χ1) is 14.2. The number of rotatable bonds is 6. The lowest BCUT2D eigenvalue weighted by Gasteiger charge is -2.35. The van der Waals surface area contributed by atoms with Crippen molar-refractivity contribution in [3.05, 3.63) is 53.9 Å². The number of nitrogens with zero attached hydrogens (tertiary/aromatic N) is 4. The predicted octanol–water partition coefficient (Wildman–Crippen LogP) is 2.98. The summed E-state index contributed by atoms with van der Waals surface area (Å²) in [6.45, 7) is 3.22. The van der Waals surface area contributed by atoms with Gasteiger partial charge in [0.15, 0.2) is 0 Å². The van der Waals surface area contributed by atoms with Crippen LogP contribution in [0.2, 0.25) is 0 Å². The van der Waals surface area contributed by atoms with E-state index in [1.807, 2.05) is 42.3 Å². The Morgan fingerprint density at radius 1 is 1.07 bits per heavy atom. The summed E-state index contributed by atoms with van der Waals surface area (Å²) in [4.78, 5) is 17.5. The zero-order valence-electron chi connectivity index (χ0n) is 17.4. The monoisotopic (exact) mass is 396 g/mol. The van der Waals surface area contributed by atoms with Crippen LogP contribution in [0, 0.1) is 0 Å². The molecule has 29 heavy (non-hydrogen) atoms. The molecule has 1 aromatic heterocycles. The minimum atomic E-state index is 0.0141. The van der Waals surface area contributed by atoms with Crippen LogP contribution in [0.5, 0.6) is 0 Å². The summed E-state index contributed by atoms with van der Waals surface area (Å²) in [5, 5.41) is 4.27. The van der Waals surface area contributed by atoms with Crippen LogP contribution in [-0.2, 0) is 29.7 Å². The Morgan fingerprint density at radius 3 is 2.59 bits per heavy atom. The maximum Gasteiger partial charge on any atom is 0.237 e. The fraction of sp³-hybridized carbons (Fsp3) is 0.565. The van der Waals surface area contributed by atoms with Crippen molar-refractivity contribution in [2.45, 2.75) is 57.4 Å². The summed E-state index contributed by atoms with van der Waals surface area (Å²) < 4.78 is 8.15. The molecule has 1 amide bonds. The molecule has 2 aromatic rings. The molecule has 156 valence electrons. The quantitative estimate of drug-likeness (QED) is 0.753. The second kappa shape index (κ2) is 9.55. The fourth-order valence-electron chi connectivity index (χ4n) is 4.58. The van der Waals surface area contributed by atoms with Crippen molar-refractivity contribution in [1.82, 2.24) is 19.6 Å².